The van der Waals surface area contributed by atoms with Gasteiger partial charge in [-0.25, -0.2) is 0 Å². The summed E-state index contributed by atoms with van der Waals surface area (Å²) >= 11 is 5.91. The van der Waals surface area contributed by atoms with Gasteiger partial charge in [-0.1, -0.05) is 18.5 Å². The number of fused-ring (bicyclic) bond motifs is 1. The van der Waals surface area contributed by atoms with Crippen LogP contribution in [0.25, 0.3) is 0 Å². The molecule has 4 nitrogen and oxygen atoms in total. The Morgan fingerprint density at radius 2 is 2.35 bits per heavy atom. The van der Waals surface area contributed by atoms with Crippen LogP contribution in [0.3, 0.4) is 0 Å². The fraction of sp³-hybridized carbons (Fsp3) is 0.333. The Bertz CT molecular complexity index is 651. The summed E-state index contributed by atoms with van der Waals surface area (Å²) in [5.74, 6) is 0.654. The molecule has 1 aliphatic heterocycles. The average Bonchev–Trinajstić information content (AvgIpc) is 2.88. The third kappa shape index (κ3) is 2.43. The van der Waals surface area contributed by atoms with E-state index in [0.29, 0.717) is 22.8 Å². The Labute approximate surface area is 122 Å². The molecule has 20 heavy (non-hydrogen) atoms. The maximum Gasteiger partial charge on any atom is 0.170 e. The van der Waals surface area contributed by atoms with E-state index in [4.69, 9.17) is 16.3 Å². The largest absolute Gasteiger partial charge is 0.484 e. The first-order valence-corrected chi connectivity index (χ1v) is 7.07. The Balaban J connectivity index is 1.87. The van der Waals surface area contributed by atoms with Crippen LogP contribution in [0.4, 0.5) is 0 Å². The highest BCUT2D eigenvalue weighted by molar-refractivity contribution is 6.31. The summed E-state index contributed by atoms with van der Waals surface area (Å²) in [4.78, 5) is 12.2. The quantitative estimate of drug-likeness (QED) is 0.866. The number of ketones is 1. The zero-order valence-electron chi connectivity index (χ0n) is 11.2. The van der Waals surface area contributed by atoms with Gasteiger partial charge in [0.1, 0.15) is 11.9 Å². The molecule has 1 aliphatic rings. The van der Waals surface area contributed by atoms with E-state index >= 15 is 0 Å². The number of aryl methyl sites for hydroxylation is 1. The van der Waals surface area contributed by atoms with Gasteiger partial charge in [0, 0.05) is 23.3 Å². The molecule has 0 aliphatic carbocycles. The SMILES string of the molecule is CCCn1cc(C2CC(=O)c3cc(Cl)ccc3O2)cn1. The molecule has 0 fully saturated rings. The minimum atomic E-state index is -0.262. The highest BCUT2D eigenvalue weighted by atomic mass is 35.5. The van der Waals surface area contributed by atoms with Crippen LogP contribution >= 0.6 is 11.6 Å². The molecule has 1 atom stereocenters. The molecule has 104 valence electrons. The van der Waals surface area contributed by atoms with Crippen molar-refractivity contribution in [2.24, 2.45) is 0 Å². The molecule has 1 aromatic carbocycles. The Morgan fingerprint density at radius 1 is 1.50 bits per heavy atom. The number of benzene rings is 1. The van der Waals surface area contributed by atoms with Gasteiger partial charge in [-0.05, 0) is 24.6 Å². The number of Topliss-reactive ketones (excluding diaryl/α,β-unsaturated/α-hetero) is 1. The molecular formula is C15H15ClN2O2. The first-order valence-electron chi connectivity index (χ1n) is 6.69. The van der Waals surface area contributed by atoms with Crippen LogP contribution < -0.4 is 4.74 Å². The van der Waals surface area contributed by atoms with Crippen molar-refractivity contribution in [1.82, 2.24) is 9.78 Å². The van der Waals surface area contributed by atoms with Crippen LogP contribution in [0.2, 0.25) is 5.02 Å². The number of aromatic nitrogens is 2. The molecule has 0 amide bonds. The summed E-state index contributed by atoms with van der Waals surface area (Å²) in [6.45, 7) is 2.97. The topological polar surface area (TPSA) is 44.1 Å². The smallest absolute Gasteiger partial charge is 0.170 e. The number of hydrogen-bond donors (Lipinski definition) is 0. The normalized spacial score (nSPS) is 17.7. The molecule has 1 aromatic heterocycles. The fourth-order valence-electron chi connectivity index (χ4n) is 2.38. The molecule has 0 radical (unpaired) electrons. The predicted molar refractivity (Wildman–Crippen MR) is 76.3 cm³/mol. The lowest BCUT2D eigenvalue weighted by atomic mass is 9.98. The first-order chi connectivity index (χ1) is 9.67. The average molecular weight is 291 g/mol. The van der Waals surface area contributed by atoms with E-state index < -0.39 is 0 Å². The first kappa shape index (κ1) is 13.2. The van der Waals surface area contributed by atoms with Crippen LogP contribution in [-0.4, -0.2) is 15.6 Å². The molecule has 0 bridgehead atoms. The minimum absolute atomic E-state index is 0.0574. The van der Waals surface area contributed by atoms with E-state index in [1.54, 1.807) is 24.4 Å². The summed E-state index contributed by atoms with van der Waals surface area (Å²) in [7, 11) is 0. The van der Waals surface area contributed by atoms with Gasteiger partial charge in [0.25, 0.3) is 0 Å². The van der Waals surface area contributed by atoms with E-state index in [1.807, 2.05) is 10.9 Å². The van der Waals surface area contributed by atoms with Crippen molar-refractivity contribution >= 4 is 17.4 Å². The Morgan fingerprint density at radius 3 is 3.15 bits per heavy atom. The van der Waals surface area contributed by atoms with E-state index in [9.17, 15) is 4.79 Å². The number of ether oxygens (including phenoxy) is 1. The number of carbonyl (C=O) groups is 1. The maximum atomic E-state index is 12.2. The summed E-state index contributed by atoms with van der Waals surface area (Å²) < 4.78 is 7.78. The van der Waals surface area contributed by atoms with Crippen LogP contribution in [0.15, 0.2) is 30.6 Å². The molecule has 0 saturated carbocycles. The predicted octanol–water partition coefficient (Wildman–Crippen LogP) is 3.65. The fourth-order valence-corrected chi connectivity index (χ4v) is 2.55. The number of hydrogen-bond acceptors (Lipinski definition) is 3. The maximum absolute atomic E-state index is 12.2. The summed E-state index contributed by atoms with van der Waals surface area (Å²) in [6, 6.07) is 5.14. The van der Waals surface area contributed by atoms with Gasteiger partial charge < -0.3 is 4.74 Å². The van der Waals surface area contributed by atoms with Crippen molar-refractivity contribution in [3.05, 3.63) is 46.7 Å². The summed E-state index contributed by atoms with van der Waals surface area (Å²) in [5, 5.41) is 4.83. The molecule has 2 aromatic rings. The lowest BCUT2D eigenvalue weighted by Gasteiger charge is -2.24. The third-order valence-electron chi connectivity index (χ3n) is 3.36. The van der Waals surface area contributed by atoms with Gasteiger partial charge in [0.15, 0.2) is 5.78 Å². The van der Waals surface area contributed by atoms with Gasteiger partial charge in [0.2, 0.25) is 0 Å². The van der Waals surface area contributed by atoms with Gasteiger partial charge in [-0.2, -0.15) is 5.10 Å². The second-order valence-corrected chi connectivity index (χ2v) is 5.35. The van der Waals surface area contributed by atoms with Crippen LogP contribution in [0.1, 0.15) is 41.8 Å². The van der Waals surface area contributed by atoms with Crippen molar-refractivity contribution in [2.75, 3.05) is 0 Å². The molecule has 1 unspecified atom stereocenters. The van der Waals surface area contributed by atoms with Gasteiger partial charge in [0.05, 0.1) is 18.2 Å². The zero-order valence-corrected chi connectivity index (χ0v) is 11.9. The molecule has 0 spiro atoms. The van der Waals surface area contributed by atoms with E-state index in [-0.39, 0.29) is 11.9 Å². The van der Waals surface area contributed by atoms with Crippen molar-refractivity contribution in [3.63, 3.8) is 0 Å². The van der Waals surface area contributed by atoms with Crippen molar-refractivity contribution in [3.8, 4) is 5.75 Å². The number of halogens is 1. The van der Waals surface area contributed by atoms with E-state index in [0.717, 1.165) is 18.5 Å². The molecule has 0 N–H and O–H groups in total. The number of rotatable bonds is 3. The van der Waals surface area contributed by atoms with Gasteiger partial charge in [-0.15, -0.1) is 0 Å². The number of carbonyl (C=O) groups excluding carboxylic acids is 1. The van der Waals surface area contributed by atoms with Crippen molar-refractivity contribution in [2.45, 2.75) is 32.4 Å². The van der Waals surface area contributed by atoms with Crippen LogP contribution in [0.5, 0.6) is 5.75 Å². The zero-order chi connectivity index (χ0) is 14.1. The van der Waals surface area contributed by atoms with Crippen molar-refractivity contribution in [1.29, 1.82) is 0 Å². The molecule has 5 heteroatoms. The van der Waals surface area contributed by atoms with Gasteiger partial charge in [-0.3, -0.25) is 9.48 Å². The number of nitrogens with zero attached hydrogens (tertiary/aromatic N) is 2. The third-order valence-corrected chi connectivity index (χ3v) is 3.59. The Kier molecular flexibility index (Phi) is 3.49. The highest BCUT2D eigenvalue weighted by Crippen LogP contribution is 2.35. The molecule has 2 heterocycles. The molecule has 0 saturated heterocycles. The molecule has 3 rings (SSSR count). The molecular weight excluding hydrogens is 276 g/mol. The summed E-state index contributed by atoms with van der Waals surface area (Å²) in [6.07, 6.45) is 4.80. The van der Waals surface area contributed by atoms with Crippen molar-refractivity contribution < 1.29 is 9.53 Å². The highest BCUT2D eigenvalue weighted by Gasteiger charge is 2.28. The van der Waals surface area contributed by atoms with Gasteiger partial charge >= 0.3 is 0 Å². The van der Waals surface area contributed by atoms with Crippen LogP contribution in [-0.2, 0) is 6.54 Å². The minimum Gasteiger partial charge on any atom is -0.484 e. The monoisotopic (exact) mass is 290 g/mol. The van der Waals surface area contributed by atoms with E-state index in [1.165, 1.54) is 0 Å². The lowest BCUT2D eigenvalue weighted by molar-refractivity contribution is 0.0850. The second kappa shape index (κ2) is 5.29. The standard InChI is InChI=1S/C15H15ClN2O2/c1-2-5-18-9-10(8-17-18)15-7-13(19)12-6-11(16)3-4-14(12)20-15/h3-4,6,8-9,15H,2,5,7H2,1H3. The van der Waals surface area contributed by atoms with E-state index in [2.05, 4.69) is 12.0 Å². The Hall–Kier alpha value is -1.81. The summed E-state index contributed by atoms with van der Waals surface area (Å²) in [5.41, 5.74) is 1.50. The second-order valence-electron chi connectivity index (χ2n) is 4.91. The van der Waals surface area contributed by atoms with Crippen LogP contribution in [0, 0.1) is 0 Å². The lowest BCUT2D eigenvalue weighted by Crippen LogP contribution is -2.20.